The van der Waals surface area contributed by atoms with Gasteiger partial charge >= 0.3 is 6.61 Å². The predicted molar refractivity (Wildman–Crippen MR) is 69.4 cm³/mol. The van der Waals surface area contributed by atoms with E-state index in [1.807, 2.05) is 6.92 Å². The van der Waals surface area contributed by atoms with Crippen LogP contribution in [0.3, 0.4) is 0 Å². The Balaban J connectivity index is 2.58. The molecule has 1 aromatic rings. The summed E-state index contributed by atoms with van der Waals surface area (Å²) in [6.45, 7) is 2.22. The molecular formula is C13H18F2N2O2. The molecule has 1 rings (SSSR count). The van der Waals surface area contributed by atoms with Crippen molar-refractivity contribution < 1.29 is 18.3 Å². The monoisotopic (exact) mass is 272 g/mol. The predicted octanol–water partition coefficient (Wildman–Crippen LogP) is 2.47. The van der Waals surface area contributed by atoms with Crippen LogP contribution >= 0.6 is 0 Å². The molecule has 4 nitrogen and oxygen atoms in total. The Morgan fingerprint density at radius 3 is 2.79 bits per heavy atom. The third-order valence-electron chi connectivity index (χ3n) is 2.47. The first-order valence-electron chi connectivity index (χ1n) is 6.09. The number of rotatable bonds is 7. The highest BCUT2D eigenvalue weighted by molar-refractivity contribution is 5.92. The van der Waals surface area contributed by atoms with Crippen molar-refractivity contribution >= 4 is 11.6 Å². The molecule has 0 aliphatic carbocycles. The summed E-state index contributed by atoms with van der Waals surface area (Å²) in [7, 11) is 0. The molecule has 0 bridgehead atoms. The highest BCUT2D eigenvalue weighted by Crippen LogP contribution is 2.19. The third-order valence-corrected chi connectivity index (χ3v) is 2.47. The molecule has 2 N–H and O–H groups in total. The lowest BCUT2D eigenvalue weighted by Crippen LogP contribution is -2.30. The number of anilines is 1. The average molecular weight is 272 g/mol. The van der Waals surface area contributed by atoms with E-state index in [9.17, 15) is 13.6 Å². The Hall–Kier alpha value is -1.69. The minimum absolute atomic E-state index is 0.0205. The van der Waals surface area contributed by atoms with E-state index in [0.29, 0.717) is 12.2 Å². The zero-order chi connectivity index (χ0) is 14.3. The van der Waals surface area contributed by atoms with Crippen molar-refractivity contribution in [2.75, 3.05) is 18.4 Å². The van der Waals surface area contributed by atoms with Gasteiger partial charge in [0.2, 0.25) is 5.91 Å². The van der Waals surface area contributed by atoms with Gasteiger partial charge in [-0.05, 0) is 18.7 Å². The first-order chi connectivity index (χ1) is 9.02. The SMILES string of the molecule is CCNCC(C)C(=O)Nc1cccc(OC(F)F)c1. The third kappa shape index (κ3) is 5.65. The number of hydrogen-bond acceptors (Lipinski definition) is 3. The Labute approximate surface area is 111 Å². The topological polar surface area (TPSA) is 50.4 Å². The van der Waals surface area contributed by atoms with Gasteiger partial charge in [-0.3, -0.25) is 4.79 Å². The quantitative estimate of drug-likeness (QED) is 0.801. The van der Waals surface area contributed by atoms with E-state index in [4.69, 9.17) is 0 Å². The highest BCUT2D eigenvalue weighted by atomic mass is 19.3. The fraction of sp³-hybridized carbons (Fsp3) is 0.462. The second-order valence-electron chi connectivity index (χ2n) is 4.10. The maximum Gasteiger partial charge on any atom is 0.387 e. The minimum Gasteiger partial charge on any atom is -0.435 e. The molecule has 0 radical (unpaired) electrons. The second kappa shape index (κ2) is 7.68. The Bertz CT molecular complexity index is 413. The first-order valence-corrected chi connectivity index (χ1v) is 6.09. The number of carbonyl (C=O) groups is 1. The molecule has 0 fully saturated rings. The van der Waals surface area contributed by atoms with E-state index in [-0.39, 0.29) is 17.6 Å². The maximum absolute atomic E-state index is 12.1. The van der Waals surface area contributed by atoms with Gasteiger partial charge in [0.05, 0.1) is 0 Å². The van der Waals surface area contributed by atoms with Crippen LogP contribution in [-0.2, 0) is 4.79 Å². The van der Waals surface area contributed by atoms with Gasteiger partial charge < -0.3 is 15.4 Å². The minimum atomic E-state index is -2.88. The number of alkyl halides is 2. The number of ether oxygens (including phenoxy) is 1. The van der Waals surface area contributed by atoms with Crippen LogP contribution in [0.2, 0.25) is 0 Å². The molecular weight excluding hydrogens is 254 g/mol. The fourth-order valence-electron chi connectivity index (χ4n) is 1.47. The smallest absolute Gasteiger partial charge is 0.387 e. The molecule has 0 aliphatic rings. The largest absolute Gasteiger partial charge is 0.435 e. The normalized spacial score (nSPS) is 12.3. The Kier molecular flexibility index (Phi) is 6.21. The van der Waals surface area contributed by atoms with Gasteiger partial charge in [0, 0.05) is 24.2 Å². The Morgan fingerprint density at radius 1 is 1.42 bits per heavy atom. The molecule has 6 heteroatoms. The van der Waals surface area contributed by atoms with Gasteiger partial charge in [-0.2, -0.15) is 8.78 Å². The number of carbonyl (C=O) groups excluding carboxylic acids is 1. The van der Waals surface area contributed by atoms with Gasteiger partial charge in [0.1, 0.15) is 5.75 Å². The van der Waals surface area contributed by atoms with Crippen LogP contribution in [0.4, 0.5) is 14.5 Å². The molecule has 0 spiro atoms. The summed E-state index contributed by atoms with van der Waals surface area (Å²) in [5.74, 6) is -0.359. The zero-order valence-corrected chi connectivity index (χ0v) is 11.0. The number of halogens is 2. The van der Waals surface area contributed by atoms with Gasteiger partial charge in [-0.1, -0.05) is 19.9 Å². The summed E-state index contributed by atoms with van der Waals surface area (Å²) < 4.78 is 28.4. The van der Waals surface area contributed by atoms with Crippen LogP contribution in [-0.4, -0.2) is 25.6 Å². The van der Waals surface area contributed by atoms with E-state index in [1.165, 1.54) is 12.1 Å². The molecule has 19 heavy (non-hydrogen) atoms. The average Bonchev–Trinajstić information content (AvgIpc) is 2.35. The van der Waals surface area contributed by atoms with E-state index < -0.39 is 6.61 Å². The van der Waals surface area contributed by atoms with E-state index in [2.05, 4.69) is 15.4 Å². The summed E-state index contributed by atoms with van der Waals surface area (Å²) in [6, 6.07) is 5.94. The van der Waals surface area contributed by atoms with Crippen molar-refractivity contribution in [1.82, 2.24) is 5.32 Å². The zero-order valence-electron chi connectivity index (χ0n) is 11.0. The van der Waals surface area contributed by atoms with Gasteiger partial charge in [0.25, 0.3) is 0 Å². The number of nitrogens with one attached hydrogen (secondary N) is 2. The maximum atomic E-state index is 12.1. The van der Waals surface area contributed by atoms with E-state index in [0.717, 1.165) is 6.54 Å². The molecule has 1 aromatic carbocycles. The molecule has 0 aliphatic heterocycles. The lowest BCUT2D eigenvalue weighted by Gasteiger charge is -2.13. The van der Waals surface area contributed by atoms with Crippen molar-refractivity contribution in [3.63, 3.8) is 0 Å². The van der Waals surface area contributed by atoms with Crippen LogP contribution in [0, 0.1) is 5.92 Å². The van der Waals surface area contributed by atoms with Crippen LogP contribution in [0.1, 0.15) is 13.8 Å². The van der Waals surface area contributed by atoms with Crippen LogP contribution in [0.15, 0.2) is 24.3 Å². The van der Waals surface area contributed by atoms with Crippen molar-refractivity contribution in [3.8, 4) is 5.75 Å². The van der Waals surface area contributed by atoms with Crippen molar-refractivity contribution in [1.29, 1.82) is 0 Å². The van der Waals surface area contributed by atoms with Crippen molar-refractivity contribution in [2.24, 2.45) is 5.92 Å². The van der Waals surface area contributed by atoms with Crippen molar-refractivity contribution in [3.05, 3.63) is 24.3 Å². The number of amides is 1. The molecule has 0 heterocycles. The van der Waals surface area contributed by atoms with Crippen LogP contribution < -0.4 is 15.4 Å². The van der Waals surface area contributed by atoms with E-state index in [1.54, 1.807) is 19.1 Å². The lowest BCUT2D eigenvalue weighted by molar-refractivity contribution is -0.119. The molecule has 1 atom stereocenters. The Morgan fingerprint density at radius 2 is 2.16 bits per heavy atom. The highest BCUT2D eigenvalue weighted by Gasteiger charge is 2.13. The molecule has 0 aromatic heterocycles. The second-order valence-corrected chi connectivity index (χ2v) is 4.10. The number of hydrogen-bond donors (Lipinski definition) is 2. The van der Waals surface area contributed by atoms with E-state index >= 15 is 0 Å². The molecule has 1 amide bonds. The number of benzene rings is 1. The standard InChI is InChI=1S/C13H18F2N2O2/c1-3-16-8-9(2)12(18)17-10-5-4-6-11(7-10)19-13(14)15/h4-7,9,13,16H,3,8H2,1-2H3,(H,17,18). The molecule has 1 unspecified atom stereocenters. The fourth-order valence-corrected chi connectivity index (χ4v) is 1.47. The summed E-state index contributed by atoms with van der Waals surface area (Å²) >= 11 is 0. The first kappa shape index (κ1) is 15.4. The molecule has 0 saturated heterocycles. The molecule has 106 valence electrons. The summed E-state index contributed by atoms with van der Waals surface area (Å²) in [5.41, 5.74) is 0.437. The van der Waals surface area contributed by atoms with Crippen molar-refractivity contribution in [2.45, 2.75) is 20.5 Å². The van der Waals surface area contributed by atoms with Gasteiger partial charge in [-0.15, -0.1) is 0 Å². The summed E-state index contributed by atoms with van der Waals surface area (Å²) in [4.78, 5) is 11.8. The summed E-state index contributed by atoms with van der Waals surface area (Å²) in [5, 5.41) is 5.73. The van der Waals surface area contributed by atoms with Crippen LogP contribution in [0.5, 0.6) is 5.75 Å². The summed E-state index contributed by atoms with van der Waals surface area (Å²) in [6.07, 6.45) is 0. The molecule has 0 saturated carbocycles. The van der Waals surface area contributed by atoms with Gasteiger partial charge in [0.15, 0.2) is 0 Å². The van der Waals surface area contributed by atoms with Crippen LogP contribution in [0.25, 0.3) is 0 Å². The van der Waals surface area contributed by atoms with Gasteiger partial charge in [-0.25, -0.2) is 0 Å². The lowest BCUT2D eigenvalue weighted by atomic mass is 10.1.